The van der Waals surface area contributed by atoms with Crippen molar-refractivity contribution < 1.29 is 14.7 Å². The van der Waals surface area contributed by atoms with Crippen molar-refractivity contribution in [1.29, 1.82) is 0 Å². The predicted octanol–water partition coefficient (Wildman–Crippen LogP) is 2.81. The number of amides is 2. The van der Waals surface area contributed by atoms with Crippen LogP contribution in [0.3, 0.4) is 0 Å². The van der Waals surface area contributed by atoms with E-state index in [0.717, 1.165) is 35.4 Å². The molecule has 1 aliphatic rings. The van der Waals surface area contributed by atoms with Crippen LogP contribution in [-0.4, -0.2) is 21.3 Å². The Hall–Kier alpha value is -2.60. The number of carbonyl (C=O) groups excluding carboxylic acids is 1. The van der Waals surface area contributed by atoms with Crippen LogP contribution in [0.4, 0.5) is 4.79 Å². The molecule has 6 nitrogen and oxygen atoms in total. The molecule has 0 bridgehead atoms. The lowest BCUT2D eigenvalue weighted by molar-refractivity contribution is -0.0808. The molecule has 0 spiro atoms. The van der Waals surface area contributed by atoms with Gasteiger partial charge in [-0.2, -0.15) is 5.06 Å². The third-order valence-corrected chi connectivity index (χ3v) is 4.03. The van der Waals surface area contributed by atoms with Crippen LogP contribution in [0.1, 0.15) is 35.7 Å². The van der Waals surface area contributed by atoms with Crippen LogP contribution < -0.4 is 10.5 Å². The van der Waals surface area contributed by atoms with E-state index in [2.05, 4.69) is 4.98 Å². The van der Waals surface area contributed by atoms with Crippen molar-refractivity contribution in [2.24, 2.45) is 5.73 Å². The Morgan fingerprint density at radius 2 is 2.26 bits per heavy atom. The van der Waals surface area contributed by atoms with Crippen LogP contribution >= 0.6 is 0 Å². The van der Waals surface area contributed by atoms with Crippen LogP contribution in [0.2, 0.25) is 0 Å². The van der Waals surface area contributed by atoms with Crippen molar-refractivity contribution in [3.63, 3.8) is 0 Å². The highest BCUT2D eigenvalue weighted by atomic mass is 16.5. The lowest BCUT2D eigenvalue weighted by atomic mass is 9.87. The summed E-state index contributed by atoms with van der Waals surface area (Å²) >= 11 is 0. The van der Waals surface area contributed by atoms with Crippen LogP contribution in [0, 0.1) is 0 Å². The monoisotopic (exact) mass is 313 g/mol. The van der Waals surface area contributed by atoms with E-state index >= 15 is 0 Å². The van der Waals surface area contributed by atoms with Gasteiger partial charge in [0.2, 0.25) is 0 Å². The number of ether oxygens (including phenoxy) is 1. The molecule has 0 saturated heterocycles. The molecule has 1 aromatic heterocycles. The maximum Gasteiger partial charge on any atom is 0.339 e. The average Bonchev–Trinajstić information content (AvgIpc) is 2.59. The van der Waals surface area contributed by atoms with Gasteiger partial charge < -0.3 is 10.5 Å². The van der Waals surface area contributed by atoms with E-state index < -0.39 is 6.03 Å². The molecule has 1 unspecified atom stereocenters. The molecule has 3 rings (SSSR count). The molecule has 1 aliphatic carbocycles. The molecule has 0 saturated carbocycles. The zero-order chi connectivity index (χ0) is 16.2. The summed E-state index contributed by atoms with van der Waals surface area (Å²) in [5.74, 6) is 0.749. The molecule has 3 N–H and O–H groups in total. The van der Waals surface area contributed by atoms with E-state index in [9.17, 15) is 10.0 Å². The average molecular weight is 313 g/mol. The van der Waals surface area contributed by atoms with Crippen molar-refractivity contribution in [3.8, 4) is 5.75 Å². The summed E-state index contributed by atoms with van der Waals surface area (Å²) in [4.78, 5) is 15.4. The highest BCUT2D eigenvalue weighted by Crippen LogP contribution is 2.35. The Labute approximate surface area is 134 Å². The van der Waals surface area contributed by atoms with Crippen molar-refractivity contribution in [2.75, 3.05) is 0 Å². The highest BCUT2D eigenvalue weighted by molar-refractivity contribution is 5.71. The first-order chi connectivity index (χ1) is 11.1. The van der Waals surface area contributed by atoms with E-state index in [4.69, 9.17) is 10.5 Å². The van der Waals surface area contributed by atoms with E-state index in [0.29, 0.717) is 18.1 Å². The number of benzene rings is 1. The van der Waals surface area contributed by atoms with Crippen molar-refractivity contribution in [2.45, 2.75) is 31.9 Å². The molecule has 1 heterocycles. The molecule has 0 radical (unpaired) electrons. The Morgan fingerprint density at radius 3 is 3.00 bits per heavy atom. The van der Waals surface area contributed by atoms with Gasteiger partial charge in [0.15, 0.2) is 0 Å². The Bertz CT molecular complexity index is 691. The van der Waals surface area contributed by atoms with Gasteiger partial charge in [0.1, 0.15) is 12.4 Å². The summed E-state index contributed by atoms with van der Waals surface area (Å²) in [7, 11) is 0. The van der Waals surface area contributed by atoms with Gasteiger partial charge in [-0.05, 0) is 54.7 Å². The van der Waals surface area contributed by atoms with Gasteiger partial charge in [0.25, 0.3) is 0 Å². The van der Waals surface area contributed by atoms with Crippen LogP contribution in [0.25, 0.3) is 0 Å². The molecule has 2 amide bonds. The number of aryl methyl sites for hydroxylation is 1. The number of pyridine rings is 1. The van der Waals surface area contributed by atoms with Gasteiger partial charge in [-0.1, -0.05) is 12.1 Å². The molecule has 6 heteroatoms. The highest BCUT2D eigenvalue weighted by Gasteiger charge is 2.27. The summed E-state index contributed by atoms with van der Waals surface area (Å²) in [5, 5.41) is 10.5. The lowest BCUT2D eigenvalue weighted by Crippen LogP contribution is -2.37. The molecule has 120 valence electrons. The van der Waals surface area contributed by atoms with E-state index in [1.165, 1.54) is 0 Å². The molecule has 0 fully saturated rings. The topological polar surface area (TPSA) is 88.7 Å². The third kappa shape index (κ3) is 3.43. The summed E-state index contributed by atoms with van der Waals surface area (Å²) in [5.41, 5.74) is 8.02. The summed E-state index contributed by atoms with van der Waals surface area (Å²) < 4.78 is 5.77. The Morgan fingerprint density at radius 1 is 1.39 bits per heavy atom. The second-order valence-electron chi connectivity index (χ2n) is 5.56. The quantitative estimate of drug-likeness (QED) is 0.671. The number of hydrogen-bond donors (Lipinski definition) is 2. The minimum atomic E-state index is -0.835. The van der Waals surface area contributed by atoms with Gasteiger partial charge in [-0.15, -0.1) is 0 Å². The number of fused-ring (bicyclic) bond motifs is 1. The molecule has 1 aromatic carbocycles. The van der Waals surface area contributed by atoms with Gasteiger partial charge in [0, 0.05) is 6.20 Å². The number of hydrogen-bond acceptors (Lipinski definition) is 4. The number of rotatable bonds is 4. The number of urea groups is 1. The van der Waals surface area contributed by atoms with E-state index in [1.807, 2.05) is 36.4 Å². The number of nitrogens with zero attached hydrogens (tertiary/aromatic N) is 2. The maximum absolute atomic E-state index is 11.2. The molecule has 2 aromatic rings. The molecular formula is C17H19N3O3. The van der Waals surface area contributed by atoms with Gasteiger partial charge in [-0.25, -0.2) is 4.79 Å². The van der Waals surface area contributed by atoms with Crippen LogP contribution in [0.5, 0.6) is 5.75 Å². The number of carbonyl (C=O) groups is 1. The smallest absolute Gasteiger partial charge is 0.339 e. The summed E-state index contributed by atoms with van der Waals surface area (Å²) in [6, 6.07) is 10.2. The van der Waals surface area contributed by atoms with Crippen molar-refractivity contribution in [1.82, 2.24) is 10.0 Å². The van der Waals surface area contributed by atoms with Gasteiger partial charge in [-0.3, -0.25) is 10.2 Å². The zero-order valence-electron chi connectivity index (χ0n) is 12.7. The summed E-state index contributed by atoms with van der Waals surface area (Å²) in [6.07, 6.45) is 4.20. The maximum atomic E-state index is 11.2. The van der Waals surface area contributed by atoms with Crippen molar-refractivity contribution >= 4 is 6.03 Å². The predicted molar refractivity (Wildman–Crippen MR) is 83.9 cm³/mol. The number of nitrogens with two attached hydrogens (primary N) is 1. The lowest BCUT2D eigenvalue weighted by Gasteiger charge is -2.30. The molecule has 23 heavy (non-hydrogen) atoms. The fraction of sp³-hybridized carbons (Fsp3) is 0.294. The number of aromatic nitrogens is 1. The molecular weight excluding hydrogens is 294 g/mol. The SMILES string of the molecule is NC(=O)N(O)C1CCCc2cc(OCc3ccccn3)ccc21. The first-order valence-corrected chi connectivity index (χ1v) is 7.58. The van der Waals surface area contributed by atoms with Gasteiger partial charge in [0.05, 0.1) is 11.7 Å². The van der Waals surface area contributed by atoms with Crippen LogP contribution in [-0.2, 0) is 13.0 Å². The fourth-order valence-electron chi connectivity index (χ4n) is 2.90. The Balaban J connectivity index is 1.75. The largest absolute Gasteiger partial charge is 0.487 e. The second-order valence-corrected chi connectivity index (χ2v) is 5.56. The number of hydroxylamine groups is 2. The molecule has 0 aliphatic heterocycles. The van der Waals surface area contributed by atoms with Gasteiger partial charge >= 0.3 is 6.03 Å². The Kier molecular flexibility index (Phi) is 4.43. The minimum Gasteiger partial charge on any atom is -0.487 e. The normalized spacial score (nSPS) is 16.5. The zero-order valence-corrected chi connectivity index (χ0v) is 12.7. The van der Waals surface area contributed by atoms with Crippen molar-refractivity contribution in [3.05, 3.63) is 59.4 Å². The standard InChI is InChI=1S/C17H19N3O3/c18-17(21)20(22)16-6-3-4-12-10-14(7-8-15(12)16)23-11-13-5-1-2-9-19-13/h1-2,5,7-10,16,22H,3-4,6,11H2,(H2,18,21). The first-order valence-electron chi connectivity index (χ1n) is 7.58. The fourth-order valence-corrected chi connectivity index (χ4v) is 2.90. The van der Waals surface area contributed by atoms with E-state index in [-0.39, 0.29) is 6.04 Å². The second kappa shape index (κ2) is 6.66. The summed E-state index contributed by atoms with van der Waals surface area (Å²) in [6.45, 7) is 0.399. The minimum absolute atomic E-state index is 0.388. The van der Waals surface area contributed by atoms with Crippen LogP contribution in [0.15, 0.2) is 42.6 Å². The third-order valence-electron chi connectivity index (χ3n) is 4.03. The first kappa shape index (κ1) is 15.3. The van der Waals surface area contributed by atoms with E-state index in [1.54, 1.807) is 6.20 Å². The number of primary amides is 1. The molecule has 1 atom stereocenters.